The van der Waals surface area contributed by atoms with Crippen molar-refractivity contribution in [3.8, 4) is 0 Å². The van der Waals surface area contributed by atoms with Crippen molar-refractivity contribution >= 4 is 29.5 Å². The highest BCUT2D eigenvalue weighted by Crippen LogP contribution is 2.20. The maximum absolute atomic E-state index is 13.3. The molecule has 4 N–H and O–H groups in total. The van der Waals surface area contributed by atoms with E-state index >= 15 is 0 Å². The summed E-state index contributed by atoms with van der Waals surface area (Å²) in [7, 11) is 0. The van der Waals surface area contributed by atoms with Gasteiger partial charge in [-0.05, 0) is 18.6 Å². The summed E-state index contributed by atoms with van der Waals surface area (Å²) in [6, 6.07) is 4.77. The van der Waals surface area contributed by atoms with Crippen LogP contribution in [0.2, 0.25) is 0 Å². The maximum atomic E-state index is 13.3. The molecule has 2 amide bonds. The quantitative estimate of drug-likeness (QED) is 0.614. The predicted molar refractivity (Wildman–Crippen MR) is 75.1 cm³/mol. The van der Waals surface area contributed by atoms with E-state index in [2.05, 4.69) is 5.32 Å². The highest BCUT2D eigenvalue weighted by molar-refractivity contribution is 8.00. The summed E-state index contributed by atoms with van der Waals surface area (Å²) < 4.78 is 13.3. The Bertz CT molecular complexity index is 539. The van der Waals surface area contributed by atoms with Crippen LogP contribution in [0.5, 0.6) is 0 Å². The predicted octanol–water partition coefficient (Wildman–Crippen LogP) is 0.753. The SMILES string of the molecule is NC(=O)CC[C@H](NC(=O)CSc1ccccc1F)C(=O)O. The van der Waals surface area contributed by atoms with Crippen LogP contribution in [0.1, 0.15) is 12.8 Å². The third-order valence-corrected chi connectivity index (χ3v) is 3.56. The second-order valence-electron chi connectivity index (χ2n) is 4.18. The first-order valence-electron chi connectivity index (χ1n) is 6.08. The average molecular weight is 314 g/mol. The summed E-state index contributed by atoms with van der Waals surface area (Å²) >= 11 is 0.962. The number of benzene rings is 1. The number of halogens is 1. The van der Waals surface area contributed by atoms with Crippen LogP contribution < -0.4 is 11.1 Å². The number of amides is 2. The van der Waals surface area contributed by atoms with E-state index in [-0.39, 0.29) is 18.6 Å². The fourth-order valence-corrected chi connectivity index (χ4v) is 2.24. The van der Waals surface area contributed by atoms with Crippen molar-refractivity contribution in [3.63, 3.8) is 0 Å². The van der Waals surface area contributed by atoms with Crippen LogP contribution in [-0.4, -0.2) is 34.7 Å². The Kier molecular flexibility index (Phi) is 6.67. The first kappa shape index (κ1) is 17.0. The Morgan fingerprint density at radius 1 is 1.33 bits per heavy atom. The lowest BCUT2D eigenvalue weighted by atomic mass is 10.1. The van der Waals surface area contributed by atoms with Gasteiger partial charge in [0.05, 0.1) is 5.75 Å². The molecule has 0 saturated carbocycles. The second kappa shape index (κ2) is 8.25. The van der Waals surface area contributed by atoms with Crippen LogP contribution in [0.25, 0.3) is 0 Å². The summed E-state index contributed by atoms with van der Waals surface area (Å²) in [5, 5.41) is 11.2. The molecule has 21 heavy (non-hydrogen) atoms. The minimum atomic E-state index is -1.25. The Labute approximate surface area is 124 Å². The summed E-state index contributed by atoms with van der Waals surface area (Å²) in [5.41, 5.74) is 4.93. The van der Waals surface area contributed by atoms with Gasteiger partial charge < -0.3 is 16.2 Å². The van der Waals surface area contributed by atoms with E-state index in [1.165, 1.54) is 18.2 Å². The maximum Gasteiger partial charge on any atom is 0.326 e. The normalized spacial score (nSPS) is 11.7. The zero-order valence-corrected chi connectivity index (χ0v) is 11.9. The smallest absolute Gasteiger partial charge is 0.326 e. The Morgan fingerprint density at radius 3 is 2.57 bits per heavy atom. The number of carboxylic acid groups (broad SMARTS) is 1. The first-order chi connectivity index (χ1) is 9.90. The first-order valence-corrected chi connectivity index (χ1v) is 7.06. The van der Waals surface area contributed by atoms with Crippen molar-refractivity contribution < 1.29 is 23.9 Å². The number of aliphatic carboxylic acids is 1. The standard InChI is InChI=1S/C13H15FN2O4S/c14-8-3-1-2-4-10(8)21-7-12(18)16-9(13(19)20)5-6-11(15)17/h1-4,9H,5-7H2,(H2,15,17)(H,16,18)(H,19,20)/t9-/m0/s1. The number of nitrogens with one attached hydrogen (secondary N) is 1. The van der Waals surface area contributed by atoms with E-state index < -0.39 is 29.6 Å². The molecule has 0 aromatic heterocycles. The third kappa shape index (κ3) is 6.26. The zero-order chi connectivity index (χ0) is 15.8. The van der Waals surface area contributed by atoms with E-state index in [9.17, 15) is 18.8 Å². The van der Waals surface area contributed by atoms with Crippen molar-refractivity contribution in [3.05, 3.63) is 30.1 Å². The van der Waals surface area contributed by atoms with E-state index in [1.807, 2.05) is 0 Å². The topological polar surface area (TPSA) is 109 Å². The van der Waals surface area contributed by atoms with Crippen LogP contribution in [0, 0.1) is 5.82 Å². The van der Waals surface area contributed by atoms with Crippen molar-refractivity contribution in [2.45, 2.75) is 23.8 Å². The average Bonchev–Trinajstić information content (AvgIpc) is 2.42. The molecule has 0 aliphatic rings. The molecule has 0 saturated heterocycles. The van der Waals surface area contributed by atoms with Crippen LogP contribution in [0.4, 0.5) is 4.39 Å². The molecule has 1 atom stereocenters. The van der Waals surface area contributed by atoms with Gasteiger partial charge in [-0.15, -0.1) is 11.8 Å². The summed E-state index contributed by atoms with van der Waals surface area (Å²) in [5.74, 6) is -3.02. The molecule has 0 bridgehead atoms. The Balaban J connectivity index is 2.49. The molecule has 0 fully saturated rings. The number of rotatable bonds is 8. The molecule has 1 rings (SSSR count). The van der Waals surface area contributed by atoms with E-state index in [0.717, 1.165) is 11.8 Å². The van der Waals surface area contributed by atoms with Crippen molar-refractivity contribution in [2.75, 3.05) is 5.75 Å². The van der Waals surface area contributed by atoms with E-state index in [0.29, 0.717) is 4.90 Å². The molecular formula is C13H15FN2O4S. The monoisotopic (exact) mass is 314 g/mol. The molecule has 8 heteroatoms. The van der Waals surface area contributed by atoms with Crippen molar-refractivity contribution in [1.82, 2.24) is 5.32 Å². The second-order valence-corrected chi connectivity index (χ2v) is 5.20. The fourth-order valence-electron chi connectivity index (χ4n) is 1.49. The number of nitrogens with two attached hydrogens (primary N) is 1. The van der Waals surface area contributed by atoms with Crippen molar-refractivity contribution in [1.29, 1.82) is 0 Å². The molecule has 6 nitrogen and oxygen atoms in total. The van der Waals surface area contributed by atoms with Gasteiger partial charge in [-0.25, -0.2) is 9.18 Å². The van der Waals surface area contributed by atoms with Gasteiger partial charge in [0.15, 0.2) is 0 Å². The molecule has 0 unspecified atom stereocenters. The van der Waals surface area contributed by atoms with Crippen molar-refractivity contribution in [2.24, 2.45) is 5.73 Å². The molecule has 0 heterocycles. The minimum absolute atomic E-state index is 0.0826. The van der Waals surface area contributed by atoms with Gasteiger partial charge in [0, 0.05) is 11.3 Å². The van der Waals surface area contributed by atoms with Crippen LogP contribution in [-0.2, 0) is 14.4 Å². The lowest BCUT2D eigenvalue weighted by molar-refractivity contribution is -0.141. The summed E-state index contributed by atoms with van der Waals surface area (Å²) in [6.45, 7) is 0. The molecule has 0 radical (unpaired) electrons. The number of hydrogen-bond acceptors (Lipinski definition) is 4. The number of carbonyl (C=O) groups excluding carboxylic acids is 2. The van der Waals surface area contributed by atoms with Gasteiger partial charge in [0.2, 0.25) is 11.8 Å². The van der Waals surface area contributed by atoms with Gasteiger partial charge in [0.1, 0.15) is 11.9 Å². The zero-order valence-electron chi connectivity index (χ0n) is 11.0. The fraction of sp³-hybridized carbons (Fsp3) is 0.308. The molecule has 0 spiro atoms. The van der Waals surface area contributed by atoms with Gasteiger partial charge in [-0.2, -0.15) is 0 Å². The van der Waals surface area contributed by atoms with Gasteiger partial charge in [-0.1, -0.05) is 12.1 Å². The molecule has 1 aromatic rings. The lowest BCUT2D eigenvalue weighted by Gasteiger charge is -2.13. The minimum Gasteiger partial charge on any atom is -0.480 e. The Morgan fingerprint density at radius 2 is 2.00 bits per heavy atom. The molecule has 114 valence electrons. The number of carboxylic acids is 1. The lowest BCUT2D eigenvalue weighted by Crippen LogP contribution is -2.42. The number of carbonyl (C=O) groups is 3. The van der Waals surface area contributed by atoms with Gasteiger partial charge in [0.25, 0.3) is 0 Å². The van der Waals surface area contributed by atoms with Crippen LogP contribution >= 0.6 is 11.8 Å². The van der Waals surface area contributed by atoms with E-state index in [4.69, 9.17) is 10.8 Å². The molecule has 0 aliphatic carbocycles. The largest absolute Gasteiger partial charge is 0.480 e. The highest BCUT2D eigenvalue weighted by atomic mass is 32.2. The number of primary amides is 1. The van der Waals surface area contributed by atoms with Gasteiger partial charge >= 0.3 is 5.97 Å². The molecule has 0 aliphatic heterocycles. The van der Waals surface area contributed by atoms with Crippen LogP contribution in [0.3, 0.4) is 0 Å². The van der Waals surface area contributed by atoms with E-state index in [1.54, 1.807) is 6.07 Å². The molecule has 1 aromatic carbocycles. The number of hydrogen-bond donors (Lipinski definition) is 3. The van der Waals surface area contributed by atoms with Crippen LogP contribution in [0.15, 0.2) is 29.2 Å². The number of thioether (sulfide) groups is 1. The van der Waals surface area contributed by atoms with Gasteiger partial charge in [-0.3, -0.25) is 9.59 Å². The summed E-state index contributed by atoms with van der Waals surface area (Å²) in [4.78, 5) is 33.5. The molecular weight excluding hydrogens is 299 g/mol. The summed E-state index contributed by atoms with van der Waals surface area (Å²) in [6.07, 6.45) is -0.224. The Hall–Kier alpha value is -2.09. The third-order valence-electron chi connectivity index (χ3n) is 2.51. The highest BCUT2D eigenvalue weighted by Gasteiger charge is 2.20.